The van der Waals surface area contributed by atoms with Gasteiger partial charge in [0, 0.05) is 45.5 Å². The van der Waals surface area contributed by atoms with Gasteiger partial charge in [0.1, 0.15) is 11.7 Å². The summed E-state index contributed by atoms with van der Waals surface area (Å²) in [4.78, 5) is 18.8. The van der Waals surface area contributed by atoms with Gasteiger partial charge in [0.2, 0.25) is 0 Å². The van der Waals surface area contributed by atoms with Crippen molar-refractivity contribution in [2.75, 3.05) is 38.5 Å². The number of nitrogens with zero attached hydrogens (tertiary/aromatic N) is 4. The number of carbonyl (C=O) groups excluding carboxylic acids is 1. The molecule has 0 N–H and O–H groups in total. The molecule has 1 aromatic carbocycles. The molecule has 7 nitrogen and oxygen atoms in total. The molecular weight excluding hydrogens is 395 g/mol. The van der Waals surface area contributed by atoms with E-state index >= 15 is 0 Å². The van der Waals surface area contributed by atoms with E-state index in [1.807, 2.05) is 4.90 Å². The first kappa shape index (κ1) is 19.8. The van der Waals surface area contributed by atoms with Crippen molar-refractivity contribution in [3.8, 4) is 0 Å². The SMILES string of the molecule is O=C(C1=CN2CCS(=O)(=O)N=C2C=C1)N1CCCN(Cc2ccc(F)cc2)CC1. The topological polar surface area (TPSA) is 73.3 Å². The zero-order valence-electron chi connectivity index (χ0n) is 16.0. The van der Waals surface area contributed by atoms with Gasteiger partial charge in [-0.3, -0.25) is 9.69 Å². The molecule has 0 aliphatic carbocycles. The molecule has 154 valence electrons. The molecule has 1 fully saturated rings. The zero-order valence-corrected chi connectivity index (χ0v) is 16.8. The lowest BCUT2D eigenvalue weighted by Crippen LogP contribution is -2.40. The fraction of sp³-hybridized carbons (Fsp3) is 0.400. The smallest absolute Gasteiger partial charge is 0.256 e. The van der Waals surface area contributed by atoms with Crippen LogP contribution in [0.15, 0.2) is 52.6 Å². The number of rotatable bonds is 3. The summed E-state index contributed by atoms with van der Waals surface area (Å²) in [5, 5.41) is 0. The van der Waals surface area contributed by atoms with Gasteiger partial charge in [-0.2, -0.15) is 0 Å². The lowest BCUT2D eigenvalue weighted by atomic mass is 10.1. The summed E-state index contributed by atoms with van der Waals surface area (Å²) in [5.41, 5.74) is 1.59. The Bertz CT molecular complexity index is 985. The number of benzene rings is 1. The number of hydrogen-bond donors (Lipinski definition) is 0. The molecule has 0 aromatic heterocycles. The molecule has 0 saturated carbocycles. The Morgan fingerprint density at radius 3 is 2.62 bits per heavy atom. The fourth-order valence-corrected chi connectivity index (χ4v) is 4.66. The second-order valence-electron chi connectivity index (χ2n) is 7.40. The Hall–Kier alpha value is -2.52. The molecule has 29 heavy (non-hydrogen) atoms. The quantitative estimate of drug-likeness (QED) is 0.741. The molecule has 0 unspecified atom stereocenters. The van der Waals surface area contributed by atoms with Crippen molar-refractivity contribution in [1.29, 1.82) is 0 Å². The Balaban J connectivity index is 1.38. The lowest BCUT2D eigenvalue weighted by molar-refractivity contribution is -0.126. The molecule has 0 bridgehead atoms. The van der Waals surface area contributed by atoms with E-state index in [4.69, 9.17) is 0 Å². The van der Waals surface area contributed by atoms with E-state index in [9.17, 15) is 17.6 Å². The van der Waals surface area contributed by atoms with Crippen LogP contribution in [-0.2, 0) is 21.4 Å². The van der Waals surface area contributed by atoms with Crippen LogP contribution in [0.25, 0.3) is 0 Å². The van der Waals surface area contributed by atoms with Gasteiger partial charge in [0.05, 0.1) is 11.3 Å². The van der Waals surface area contributed by atoms with Crippen LogP contribution in [0.2, 0.25) is 0 Å². The minimum Gasteiger partial charge on any atom is -0.337 e. The second-order valence-corrected chi connectivity index (χ2v) is 9.15. The highest BCUT2D eigenvalue weighted by Gasteiger charge is 2.27. The average molecular weight is 418 g/mol. The van der Waals surface area contributed by atoms with Crippen LogP contribution in [0.5, 0.6) is 0 Å². The molecule has 9 heteroatoms. The van der Waals surface area contributed by atoms with Gasteiger partial charge >= 0.3 is 0 Å². The van der Waals surface area contributed by atoms with Crippen molar-refractivity contribution in [1.82, 2.24) is 14.7 Å². The van der Waals surface area contributed by atoms with Crippen LogP contribution in [-0.4, -0.2) is 73.3 Å². The number of fused-ring (bicyclic) bond motifs is 1. The van der Waals surface area contributed by atoms with E-state index in [2.05, 4.69) is 9.30 Å². The molecule has 1 amide bonds. The van der Waals surface area contributed by atoms with Crippen molar-refractivity contribution in [2.24, 2.45) is 4.40 Å². The van der Waals surface area contributed by atoms with E-state index in [1.165, 1.54) is 12.1 Å². The maximum atomic E-state index is 13.1. The molecule has 3 aliphatic rings. The molecule has 4 rings (SSSR count). The first-order chi connectivity index (χ1) is 13.9. The molecule has 0 spiro atoms. The fourth-order valence-electron chi connectivity index (χ4n) is 3.69. The summed E-state index contributed by atoms with van der Waals surface area (Å²) in [6.07, 6.45) is 5.78. The Labute approximate surface area is 169 Å². The predicted octanol–water partition coefficient (Wildman–Crippen LogP) is 1.36. The first-order valence-corrected chi connectivity index (χ1v) is 11.3. The molecule has 0 radical (unpaired) electrons. The van der Waals surface area contributed by atoms with E-state index in [1.54, 1.807) is 35.4 Å². The minimum absolute atomic E-state index is 0.0512. The summed E-state index contributed by atoms with van der Waals surface area (Å²) in [6.45, 7) is 3.92. The number of carbonyl (C=O) groups is 1. The van der Waals surface area contributed by atoms with Crippen LogP contribution < -0.4 is 0 Å². The number of sulfonamides is 1. The lowest BCUT2D eigenvalue weighted by Gasteiger charge is -2.29. The molecule has 1 saturated heterocycles. The maximum absolute atomic E-state index is 13.1. The van der Waals surface area contributed by atoms with E-state index in [0.29, 0.717) is 31.0 Å². The van der Waals surface area contributed by atoms with Gasteiger partial charge in [-0.05, 0) is 36.3 Å². The highest BCUT2D eigenvalue weighted by molar-refractivity contribution is 7.90. The number of hydrogen-bond acceptors (Lipinski definition) is 5. The van der Waals surface area contributed by atoms with Gasteiger partial charge in [0.25, 0.3) is 15.9 Å². The Morgan fingerprint density at radius 2 is 1.83 bits per heavy atom. The monoisotopic (exact) mass is 418 g/mol. The van der Waals surface area contributed by atoms with Gasteiger partial charge in [0.15, 0.2) is 0 Å². The molecule has 0 atom stereocenters. The standard InChI is InChI=1S/C20H23FN4O3S/c21-18-5-2-16(3-6-18)14-23-8-1-9-24(11-10-23)20(26)17-4-7-19-22-29(27,28)13-12-25(19)15-17/h2-7,15H,1,8-14H2. The highest BCUT2D eigenvalue weighted by atomic mass is 32.2. The Morgan fingerprint density at radius 1 is 1.03 bits per heavy atom. The Kier molecular flexibility index (Phi) is 5.51. The molecule has 3 aliphatic heterocycles. The van der Waals surface area contributed by atoms with Crippen molar-refractivity contribution in [3.63, 3.8) is 0 Å². The summed E-state index contributed by atoms with van der Waals surface area (Å²) in [6, 6.07) is 6.51. The number of amidine groups is 1. The van der Waals surface area contributed by atoms with E-state index < -0.39 is 10.0 Å². The van der Waals surface area contributed by atoms with Crippen molar-refractivity contribution in [3.05, 3.63) is 59.6 Å². The van der Waals surface area contributed by atoms with Gasteiger partial charge in [-0.25, -0.2) is 12.8 Å². The number of halogens is 1. The molecule has 1 aromatic rings. The summed E-state index contributed by atoms with van der Waals surface area (Å²) in [5.74, 6) is 0.00546. The largest absolute Gasteiger partial charge is 0.337 e. The molecular formula is C20H23FN4O3S. The van der Waals surface area contributed by atoms with Crippen molar-refractivity contribution < 1.29 is 17.6 Å². The third kappa shape index (κ3) is 4.73. The highest BCUT2D eigenvalue weighted by Crippen LogP contribution is 2.18. The van der Waals surface area contributed by atoms with Crippen LogP contribution in [0.3, 0.4) is 0 Å². The van der Waals surface area contributed by atoms with Crippen molar-refractivity contribution in [2.45, 2.75) is 13.0 Å². The van der Waals surface area contributed by atoms with Crippen molar-refractivity contribution >= 4 is 21.8 Å². The van der Waals surface area contributed by atoms with Crippen LogP contribution in [0, 0.1) is 5.82 Å². The maximum Gasteiger partial charge on any atom is 0.256 e. The summed E-state index contributed by atoms with van der Waals surface area (Å²) in [7, 11) is -3.41. The third-order valence-corrected chi connectivity index (χ3v) is 6.43. The second kappa shape index (κ2) is 8.08. The first-order valence-electron chi connectivity index (χ1n) is 9.65. The predicted molar refractivity (Wildman–Crippen MR) is 108 cm³/mol. The van der Waals surface area contributed by atoms with Crippen LogP contribution >= 0.6 is 0 Å². The van der Waals surface area contributed by atoms with Crippen LogP contribution in [0.4, 0.5) is 4.39 Å². The normalized spacial score (nSPS) is 21.8. The number of amides is 1. The molecule has 3 heterocycles. The summed E-state index contributed by atoms with van der Waals surface area (Å²) < 4.78 is 40.1. The average Bonchev–Trinajstić information content (AvgIpc) is 2.94. The van der Waals surface area contributed by atoms with Crippen LogP contribution in [0.1, 0.15) is 12.0 Å². The van der Waals surface area contributed by atoms with Gasteiger partial charge in [-0.1, -0.05) is 12.1 Å². The zero-order chi connectivity index (χ0) is 20.4. The third-order valence-electron chi connectivity index (χ3n) is 5.27. The van der Waals surface area contributed by atoms with E-state index in [-0.39, 0.29) is 17.5 Å². The minimum atomic E-state index is -3.41. The van der Waals surface area contributed by atoms with E-state index in [0.717, 1.165) is 31.6 Å². The summed E-state index contributed by atoms with van der Waals surface area (Å²) >= 11 is 0. The van der Waals surface area contributed by atoms with Gasteiger partial charge in [-0.15, -0.1) is 4.40 Å². The van der Waals surface area contributed by atoms with Gasteiger partial charge < -0.3 is 9.80 Å².